The van der Waals surface area contributed by atoms with E-state index in [4.69, 9.17) is 4.74 Å². The monoisotopic (exact) mass is 492 g/mol. The third-order valence-corrected chi connectivity index (χ3v) is 7.74. The van der Waals surface area contributed by atoms with Crippen molar-refractivity contribution in [3.63, 3.8) is 0 Å². The number of rotatable bonds is 9. The van der Waals surface area contributed by atoms with E-state index in [9.17, 15) is 4.79 Å². The van der Waals surface area contributed by atoms with Gasteiger partial charge in [0.05, 0.1) is 6.61 Å². The summed E-state index contributed by atoms with van der Waals surface area (Å²) in [5, 5.41) is 7.19. The summed E-state index contributed by atoms with van der Waals surface area (Å²) in [5.74, 6) is 0.343. The van der Waals surface area contributed by atoms with E-state index in [1.54, 1.807) is 0 Å². The third kappa shape index (κ3) is 7.09. The minimum Gasteiger partial charge on any atom is -0.382 e. The van der Waals surface area contributed by atoms with E-state index in [0.29, 0.717) is 18.7 Å². The van der Waals surface area contributed by atoms with Gasteiger partial charge in [-0.15, -0.1) is 0 Å². The van der Waals surface area contributed by atoms with Crippen molar-refractivity contribution in [1.29, 1.82) is 0 Å². The Morgan fingerprint density at radius 3 is 2.69 bits per heavy atom. The molecule has 1 aliphatic carbocycles. The fraction of sp³-hybridized carbons (Fsp3) is 0.567. The molecule has 1 aliphatic heterocycles. The summed E-state index contributed by atoms with van der Waals surface area (Å²) in [6.45, 7) is 12.0. The zero-order valence-corrected chi connectivity index (χ0v) is 22.6. The van der Waals surface area contributed by atoms with Gasteiger partial charge in [0.25, 0.3) is 0 Å². The smallest absolute Gasteiger partial charge is 0.229 e. The van der Waals surface area contributed by atoms with Crippen LogP contribution in [0.4, 0.5) is 11.4 Å². The van der Waals surface area contributed by atoms with E-state index >= 15 is 0 Å². The second-order valence-electron chi connectivity index (χ2n) is 10.6. The molecule has 1 saturated carbocycles. The first-order valence-electron chi connectivity index (χ1n) is 13.7. The summed E-state index contributed by atoms with van der Waals surface area (Å²) in [6.07, 6.45) is 3.89. The molecule has 1 saturated heterocycles. The molecule has 0 radical (unpaired) electrons. The van der Waals surface area contributed by atoms with Crippen LogP contribution in [0.3, 0.4) is 0 Å². The van der Waals surface area contributed by atoms with Crippen LogP contribution in [0.25, 0.3) is 0 Å². The Morgan fingerprint density at radius 1 is 1.17 bits per heavy atom. The molecule has 6 nitrogen and oxygen atoms in total. The molecule has 1 amide bonds. The second kappa shape index (κ2) is 12.7. The molecular weight excluding hydrogens is 448 g/mol. The summed E-state index contributed by atoms with van der Waals surface area (Å²) in [5.41, 5.74) is 5.95. The number of amides is 1. The number of anilines is 2. The van der Waals surface area contributed by atoms with Crippen molar-refractivity contribution < 1.29 is 9.53 Å². The Bertz CT molecular complexity index is 1000. The van der Waals surface area contributed by atoms with Crippen LogP contribution in [0.5, 0.6) is 0 Å². The molecule has 1 atom stereocenters. The molecule has 2 aliphatic rings. The molecule has 1 heterocycles. The van der Waals surface area contributed by atoms with Gasteiger partial charge in [0.1, 0.15) is 0 Å². The maximum Gasteiger partial charge on any atom is 0.229 e. The zero-order chi connectivity index (χ0) is 25.5. The second-order valence-corrected chi connectivity index (χ2v) is 10.6. The summed E-state index contributed by atoms with van der Waals surface area (Å²) in [6, 6.07) is 15.9. The lowest BCUT2D eigenvalue weighted by Gasteiger charge is -2.33. The van der Waals surface area contributed by atoms with Crippen molar-refractivity contribution in [2.45, 2.75) is 71.7 Å². The average molecular weight is 493 g/mol. The van der Waals surface area contributed by atoms with Gasteiger partial charge in [-0.1, -0.05) is 18.2 Å². The number of benzene rings is 2. The highest BCUT2D eigenvalue weighted by molar-refractivity contribution is 5.94. The lowest BCUT2D eigenvalue weighted by Crippen LogP contribution is -2.48. The highest BCUT2D eigenvalue weighted by Crippen LogP contribution is 2.30. The molecule has 2 aromatic carbocycles. The third-order valence-electron chi connectivity index (χ3n) is 7.74. The van der Waals surface area contributed by atoms with Crippen molar-refractivity contribution in [3.8, 4) is 0 Å². The predicted octanol–water partition coefficient (Wildman–Crippen LogP) is 4.96. The van der Waals surface area contributed by atoms with E-state index in [1.807, 2.05) is 18.9 Å². The SMILES string of the molecule is CCOCc1cccc(N[C@H]2CC[C@H](C(=O)N(C)c3ccc(CN4CCN[C@@H](C)C4)c(C)c3)CC2)c1. The largest absolute Gasteiger partial charge is 0.382 e. The quantitative estimate of drug-likeness (QED) is 0.518. The van der Waals surface area contributed by atoms with Crippen LogP contribution >= 0.6 is 0 Å². The highest BCUT2D eigenvalue weighted by atomic mass is 16.5. The van der Waals surface area contributed by atoms with E-state index in [-0.39, 0.29) is 11.8 Å². The van der Waals surface area contributed by atoms with Gasteiger partial charge in [-0.25, -0.2) is 0 Å². The lowest BCUT2D eigenvalue weighted by atomic mass is 9.85. The van der Waals surface area contributed by atoms with Crippen molar-refractivity contribution in [3.05, 3.63) is 59.2 Å². The van der Waals surface area contributed by atoms with E-state index in [2.05, 4.69) is 71.8 Å². The van der Waals surface area contributed by atoms with Crippen LogP contribution in [0.15, 0.2) is 42.5 Å². The first-order chi connectivity index (χ1) is 17.4. The van der Waals surface area contributed by atoms with E-state index in [1.165, 1.54) is 16.7 Å². The molecule has 2 N–H and O–H groups in total. The van der Waals surface area contributed by atoms with Gasteiger partial charge >= 0.3 is 0 Å². The maximum absolute atomic E-state index is 13.3. The first-order valence-corrected chi connectivity index (χ1v) is 13.7. The molecule has 196 valence electrons. The van der Waals surface area contributed by atoms with Gasteiger partial charge in [0.15, 0.2) is 0 Å². The number of hydrogen-bond acceptors (Lipinski definition) is 5. The fourth-order valence-corrected chi connectivity index (χ4v) is 5.56. The molecule has 4 rings (SSSR count). The number of nitrogens with zero attached hydrogens (tertiary/aromatic N) is 2. The Hall–Kier alpha value is -2.41. The van der Waals surface area contributed by atoms with Gasteiger partial charge in [0, 0.05) is 69.2 Å². The van der Waals surface area contributed by atoms with Gasteiger partial charge < -0.3 is 20.3 Å². The van der Waals surface area contributed by atoms with Gasteiger partial charge in [0.2, 0.25) is 5.91 Å². The van der Waals surface area contributed by atoms with E-state index in [0.717, 1.165) is 69.8 Å². The molecule has 2 fully saturated rings. The number of ether oxygens (including phenoxy) is 1. The minimum absolute atomic E-state index is 0.0969. The Kier molecular flexibility index (Phi) is 9.41. The summed E-state index contributed by atoms with van der Waals surface area (Å²) in [7, 11) is 1.93. The van der Waals surface area contributed by atoms with Crippen LogP contribution in [-0.4, -0.2) is 56.2 Å². The topological polar surface area (TPSA) is 56.8 Å². The molecule has 0 unspecified atom stereocenters. The van der Waals surface area contributed by atoms with E-state index < -0.39 is 0 Å². The Morgan fingerprint density at radius 2 is 1.97 bits per heavy atom. The molecule has 0 aromatic heterocycles. The molecule has 0 bridgehead atoms. The molecule has 0 spiro atoms. The average Bonchev–Trinajstić information content (AvgIpc) is 2.88. The molecule has 36 heavy (non-hydrogen) atoms. The summed E-state index contributed by atoms with van der Waals surface area (Å²) < 4.78 is 5.54. The van der Waals surface area contributed by atoms with Crippen LogP contribution in [0, 0.1) is 12.8 Å². The molecule has 2 aromatic rings. The van der Waals surface area contributed by atoms with Gasteiger partial charge in [-0.3, -0.25) is 9.69 Å². The fourth-order valence-electron chi connectivity index (χ4n) is 5.56. The van der Waals surface area contributed by atoms with Crippen LogP contribution in [0.2, 0.25) is 0 Å². The standard InChI is InChI=1S/C30H44N4O2/c1-5-36-21-24-7-6-8-28(18-24)32-27-12-9-25(10-13-27)30(35)33(4)29-14-11-26(22(2)17-29)20-34-16-15-31-23(3)19-34/h6-8,11,14,17-18,23,25,27,31-32H,5,9-10,12-13,15-16,19-21H2,1-4H3/t23-,25-,27-/m0/s1. The number of carbonyl (C=O) groups is 1. The lowest BCUT2D eigenvalue weighted by molar-refractivity contribution is -0.123. The minimum atomic E-state index is 0.0969. The maximum atomic E-state index is 13.3. The van der Waals surface area contributed by atoms with Gasteiger partial charge in [-0.05, 0) is 87.4 Å². The Labute approximate surface area is 217 Å². The number of nitrogens with one attached hydrogen (secondary N) is 2. The number of carbonyl (C=O) groups excluding carboxylic acids is 1. The van der Waals surface area contributed by atoms with Crippen LogP contribution in [-0.2, 0) is 22.7 Å². The van der Waals surface area contributed by atoms with Gasteiger partial charge in [-0.2, -0.15) is 0 Å². The Balaban J connectivity index is 1.28. The number of aryl methyl sites for hydroxylation is 1. The van der Waals surface area contributed by atoms with Crippen molar-refractivity contribution in [2.75, 3.05) is 43.5 Å². The van der Waals surface area contributed by atoms with Crippen LogP contribution in [0.1, 0.15) is 56.2 Å². The summed E-state index contributed by atoms with van der Waals surface area (Å²) in [4.78, 5) is 17.7. The van der Waals surface area contributed by atoms with Crippen molar-refractivity contribution in [1.82, 2.24) is 10.2 Å². The predicted molar refractivity (Wildman–Crippen MR) is 148 cm³/mol. The molecular formula is C30H44N4O2. The normalized spacial score (nSPS) is 22.8. The van der Waals surface area contributed by atoms with Crippen molar-refractivity contribution >= 4 is 17.3 Å². The molecule has 6 heteroatoms. The first kappa shape index (κ1) is 26.6. The highest BCUT2D eigenvalue weighted by Gasteiger charge is 2.29. The van der Waals surface area contributed by atoms with Crippen LogP contribution < -0.4 is 15.5 Å². The number of piperazine rings is 1. The van der Waals surface area contributed by atoms with Crippen molar-refractivity contribution in [2.24, 2.45) is 5.92 Å². The zero-order valence-electron chi connectivity index (χ0n) is 22.6. The summed E-state index contributed by atoms with van der Waals surface area (Å²) >= 11 is 0. The number of hydrogen-bond donors (Lipinski definition) is 2.